The molecule has 1 aromatic heterocycles. The molecule has 0 bridgehead atoms. The van der Waals surface area contributed by atoms with Crippen LogP contribution in [0.5, 0.6) is 0 Å². The molecule has 0 aromatic carbocycles. The van der Waals surface area contributed by atoms with E-state index in [0.717, 1.165) is 11.8 Å². The third-order valence-electron chi connectivity index (χ3n) is 3.68. The summed E-state index contributed by atoms with van der Waals surface area (Å²) in [4.78, 5) is 1.57. The Bertz CT molecular complexity index is 348. The van der Waals surface area contributed by atoms with E-state index in [1.165, 1.54) is 36.7 Å². The quantitative estimate of drug-likeness (QED) is 0.843. The minimum Gasteiger partial charge on any atom is -0.314 e. The minimum absolute atomic E-state index is 0.601. The van der Waals surface area contributed by atoms with Crippen molar-refractivity contribution in [3.8, 4) is 0 Å². The largest absolute Gasteiger partial charge is 0.314 e. The molecule has 0 aliphatic heterocycles. The first-order valence-corrected chi connectivity index (χ1v) is 8.32. The van der Waals surface area contributed by atoms with Crippen molar-refractivity contribution in [2.75, 3.05) is 6.54 Å². The highest BCUT2D eigenvalue weighted by atomic mass is 79.9. The molecule has 1 fully saturated rings. The normalized spacial score (nSPS) is 25.4. The molecule has 1 aromatic rings. The zero-order valence-electron chi connectivity index (χ0n) is 10.7. The highest BCUT2D eigenvalue weighted by molar-refractivity contribution is 9.10. The minimum atomic E-state index is 0.601. The van der Waals surface area contributed by atoms with Crippen LogP contribution in [-0.4, -0.2) is 12.6 Å². The SMILES string of the molecule is CC(C)NCC1CCCCC1c1sccc1Br. The van der Waals surface area contributed by atoms with Crippen LogP contribution in [0.3, 0.4) is 0 Å². The third-order valence-corrected chi connectivity index (χ3v) is 5.68. The third kappa shape index (κ3) is 3.55. The standard InChI is InChI=1S/C14H22BrNS/c1-10(2)16-9-11-5-3-4-6-12(11)14-13(15)7-8-17-14/h7-8,10-12,16H,3-6,9H2,1-2H3. The van der Waals surface area contributed by atoms with Crippen molar-refractivity contribution in [1.29, 1.82) is 0 Å². The van der Waals surface area contributed by atoms with Crippen molar-refractivity contribution in [3.63, 3.8) is 0 Å². The Balaban J connectivity index is 2.04. The maximum absolute atomic E-state index is 3.70. The lowest BCUT2D eigenvalue weighted by atomic mass is 9.78. The molecule has 1 saturated carbocycles. The van der Waals surface area contributed by atoms with E-state index in [1.54, 1.807) is 4.88 Å². The Morgan fingerprint density at radius 2 is 2.18 bits per heavy atom. The fourth-order valence-electron chi connectivity index (χ4n) is 2.75. The highest BCUT2D eigenvalue weighted by Crippen LogP contribution is 2.42. The molecule has 0 spiro atoms. The van der Waals surface area contributed by atoms with Gasteiger partial charge >= 0.3 is 0 Å². The molecular weight excluding hydrogens is 294 g/mol. The monoisotopic (exact) mass is 315 g/mol. The summed E-state index contributed by atoms with van der Waals surface area (Å²) in [5.74, 6) is 1.59. The van der Waals surface area contributed by atoms with Gasteiger partial charge < -0.3 is 5.32 Å². The van der Waals surface area contributed by atoms with Crippen molar-refractivity contribution < 1.29 is 0 Å². The molecule has 2 rings (SSSR count). The number of nitrogens with one attached hydrogen (secondary N) is 1. The summed E-state index contributed by atoms with van der Waals surface area (Å²) >= 11 is 5.62. The number of hydrogen-bond donors (Lipinski definition) is 1. The van der Waals surface area contributed by atoms with E-state index in [4.69, 9.17) is 0 Å². The van der Waals surface area contributed by atoms with Crippen LogP contribution in [0.1, 0.15) is 50.3 Å². The molecule has 0 saturated heterocycles. The number of halogens is 1. The maximum Gasteiger partial charge on any atom is 0.0317 e. The molecule has 1 aliphatic carbocycles. The van der Waals surface area contributed by atoms with Crippen LogP contribution in [0.4, 0.5) is 0 Å². The molecule has 96 valence electrons. The van der Waals surface area contributed by atoms with Gasteiger partial charge in [-0.25, -0.2) is 0 Å². The van der Waals surface area contributed by atoms with Crippen LogP contribution in [0.15, 0.2) is 15.9 Å². The lowest BCUT2D eigenvalue weighted by Gasteiger charge is -2.32. The summed E-state index contributed by atoms with van der Waals surface area (Å²) in [7, 11) is 0. The zero-order valence-corrected chi connectivity index (χ0v) is 13.1. The summed E-state index contributed by atoms with van der Waals surface area (Å²) in [6.07, 6.45) is 5.55. The molecule has 0 amide bonds. The van der Waals surface area contributed by atoms with Gasteiger partial charge in [0, 0.05) is 15.4 Å². The van der Waals surface area contributed by atoms with Crippen LogP contribution in [0.25, 0.3) is 0 Å². The van der Waals surface area contributed by atoms with Gasteiger partial charge in [0.1, 0.15) is 0 Å². The number of thiophene rings is 1. The topological polar surface area (TPSA) is 12.0 Å². The second-order valence-electron chi connectivity index (χ2n) is 5.35. The van der Waals surface area contributed by atoms with Gasteiger partial charge in [-0.1, -0.05) is 26.7 Å². The fourth-order valence-corrected chi connectivity index (χ4v) is 4.65. The van der Waals surface area contributed by atoms with Gasteiger partial charge in [-0.3, -0.25) is 0 Å². The van der Waals surface area contributed by atoms with Crippen LogP contribution in [-0.2, 0) is 0 Å². The van der Waals surface area contributed by atoms with Crippen LogP contribution in [0.2, 0.25) is 0 Å². The fraction of sp³-hybridized carbons (Fsp3) is 0.714. The molecule has 1 heterocycles. The molecule has 2 unspecified atom stereocenters. The second-order valence-corrected chi connectivity index (χ2v) is 7.15. The lowest BCUT2D eigenvalue weighted by Crippen LogP contribution is -2.33. The summed E-state index contributed by atoms with van der Waals surface area (Å²) in [6, 6.07) is 2.80. The summed E-state index contributed by atoms with van der Waals surface area (Å²) in [5, 5.41) is 5.83. The predicted octanol–water partition coefficient (Wildman–Crippen LogP) is 4.78. The Labute approximate surface area is 117 Å². The molecule has 17 heavy (non-hydrogen) atoms. The molecule has 1 N–H and O–H groups in total. The van der Waals surface area contributed by atoms with Gasteiger partial charge in [0.2, 0.25) is 0 Å². The van der Waals surface area contributed by atoms with Crippen LogP contribution < -0.4 is 5.32 Å². The van der Waals surface area contributed by atoms with Crippen LogP contribution in [0, 0.1) is 5.92 Å². The predicted molar refractivity (Wildman–Crippen MR) is 79.9 cm³/mol. The number of hydrogen-bond acceptors (Lipinski definition) is 2. The van der Waals surface area contributed by atoms with E-state index in [0.29, 0.717) is 6.04 Å². The first-order valence-electron chi connectivity index (χ1n) is 6.64. The van der Waals surface area contributed by atoms with Gasteiger partial charge in [-0.15, -0.1) is 11.3 Å². The molecule has 1 nitrogen and oxygen atoms in total. The van der Waals surface area contributed by atoms with Crippen molar-refractivity contribution in [2.24, 2.45) is 5.92 Å². The van der Waals surface area contributed by atoms with Gasteiger partial charge in [-0.05, 0) is 58.6 Å². The van der Waals surface area contributed by atoms with Crippen molar-refractivity contribution in [1.82, 2.24) is 5.32 Å². The van der Waals surface area contributed by atoms with Crippen molar-refractivity contribution in [3.05, 3.63) is 20.8 Å². The summed E-state index contributed by atoms with van der Waals surface area (Å²) in [5.41, 5.74) is 0. The first kappa shape index (κ1) is 13.6. The summed E-state index contributed by atoms with van der Waals surface area (Å²) in [6.45, 7) is 5.64. The second kappa shape index (κ2) is 6.35. The van der Waals surface area contributed by atoms with E-state index in [-0.39, 0.29) is 0 Å². The van der Waals surface area contributed by atoms with Gasteiger partial charge in [0.05, 0.1) is 0 Å². The van der Waals surface area contributed by atoms with E-state index >= 15 is 0 Å². The molecule has 3 heteroatoms. The van der Waals surface area contributed by atoms with Gasteiger partial charge in [0.25, 0.3) is 0 Å². The molecule has 2 atom stereocenters. The summed E-state index contributed by atoms with van der Waals surface area (Å²) < 4.78 is 1.32. The Morgan fingerprint density at radius 3 is 2.82 bits per heavy atom. The highest BCUT2D eigenvalue weighted by Gasteiger charge is 2.28. The van der Waals surface area contributed by atoms with E-state index in [2.05, 4.69) is 46.5 Å². The van der Waals surface area contributed by atoms with E-state index in [1.807, 2.05) is 11.3 Å². The lowest BCUT2D eigenvalue weighted by molar-refractivity contribution is 0.292. The van der Waals surface area contributed by atoms with E-state index < -0.39 is 0 Å². The Kier molecular flexibility index (Phi) is 5.07. The molecular formula is C14H22BrNS. The molecule has 1 aliphatic rings. The average molecular weight is 316 g/mol. The maximum atomic E-state index is 3.70. The average Bonchev–Trinajstić information content (AvgIpc) is 2.73. The van der Waals surface area contributed by atoms with Gasteiger partial charge in [0.15, 0.2) is 0 Å². The van der Waals surface area contributed by atoms with Gasteiger partial charge in [-0.2, -0.15) is 0 Å². The smallest absolute Gasteiger partial charge is 0.0317 e. The first-order chi connectivity index (χ1) is 8.18. The Hall–Kier alpha value is 0.140. The van der Waals surface area contributed by atoms with E-state index in [9.17, 15) is 0 Å². The van der Waals surface area contributed by atoms with Crippen molar-refractivity contribution >= 4 is 27.3 Å². The number of rotatable bonds is 4. The molecule has 0 radical (unpaired) electrons. The van der Waals surface area contributed by atoms with Crippen molar-refractivity contribution in [2.45, 2.75) is 51.5 Å². The van der Waals surface area contributed by atoms with Crippen LogP contribution >= 0.6 is 27.3 Å². The Morgan fingerprint density at radius 1 is 1.41 bits per heavy atom. The zero-order chi connectivity index (χ0) is 12.3.